The monoisotopic (exact) mass is 322 g/mol. The van der Waals surface area contributed by atoms with Crippen molar-refractivity contribution in [2.45, 2.75) is 0 Å². The fourth-order valence-corrected chi connectivity index (χ4v) is 1.88. The number of carbonyl (C=O) groups excluding carboxylic acids is 1. The largest absolute Gasteiger partial charge is 0.465 e. The molecule has 6 nitrogen and oxygen atoms in total. The van der Waals surface area contributed by atoms with Gasteiger partial charge in [-0.25, -0.2) is 9.78 Å². The maximum absolute atomic E-state index is 11.8. The highest BCUT2D eigenvalue weighted by molar-refractivity contribution is 6.30. The molecule has 0 bridgehead atoms. The number of methoxy groups -OCH3 is 2. The number of benzene rings is 1. The molecule has 0 spiro atoms. The van der Waals surface area contributed by atoms with Gasteiger partial charge in [-0.15, -0.1) is 0 Å². The predicted octanol–water partition coefficient (Wildman–Crippen LogP) is 3.25. The zero-order valence-corrected chi connectivity index (χ0v) is 12.9. The number of anilines is 2. The summed E-state index contributed by atoms with van der Waals surface area (Å²) >= 11 is 5.81. The Kier molecular flexibility index (Phi) is 5.57. The van der Waals surface area contributed by atoms with Gasteiger partial charge in [0.1, 0.15) is 11.4 Å². The molecule has 0 aliphatic carbocycles. The number of halogens is 1. The van der Waals surface area contributed by atoms with Gasteiger partial charge < -0.3 is 19.5 Å². The molecule has 0 saturated heterocycles. The van der Waals surface area contributed by atoms with E-state index in [4.69, 9.17) is 25.8 Å². The molecule has 116 valence electrons. The van der Waals surface area contributed by atoms with Gasteiger partial charge in [-0.05, 0) is 24.3 Å². The van der Waals surface area contributed by atoms with E-state index in [1.54, 1.807) is 30.3 Å². The first-order chi connectivity index (χ1) is 10.7. The SMILES string of the molecule is COCOc1c(Nc2ccc(Cl)cn2)cccc1C(=O)OC. The van der Waals surface area contributed by atoms with Crippen molar-refractivity contribution in [2.24, 2.45) is 0 Å². The van der Waals surface area contributed by atoms with Crippen LogP contribution >= 0.6 is 11.6 Å². The van der Waals surface area contributed by atoms with Crippen molar-refractivity contribution in [3.63, 3.8) is 0 Å². The Balaban J connectivity index is 2.36. The van der Waals surface area contributed by atoms with E-state index in [0.717, 1.165) is 0 Å². The number of carbonyl (C=O) groups is 1. The highest BCUT2D eigenvalue weighted by Crippen LogP contribution is 2.31. The van der Waals surface area contributed by atoms with Crippen LogP contribution in [-0.4, -0.2) is 32.0 Å². The third-order valence-electron chi connectivity index (χ3n) is 2.73. The van der Waals surface area contributed by atoms with E-state index in [1.165, 1.54) is 20.4 Å². The zero-order valence-electron chi connectivity index (χ0n) is 12.1. The normalized spacial score (nSPS) is 10.1. The fraction of sp³-hybridized carbons (Fsp3) is 0.200. The van der Waals surface area contributed by atoms with E-state index in [-0.39, 0.29) is 6.79 Å². The Morgan fingerprint density at radius 2 is 2.09 bits per heavy atom. The van der Waals surface area contributed by atoms with Gasteiger partial charge in [0.05, 0.1) is 17.8 Å². The summed E-state index contributed by atoms with van der Waals surface area (Å²) in [6.07, 6.45) is 1.52. The summed E-state index contributed by atoms with van der Waals surface area (Å²) in [5, 5.41) is 3.60. The van der Waals surface area contributed by atoms with Gasteiger partial charge in [-0.2, -0.15) is 0 Å². The van der Waals surface area contributed by atoms with Crippen LogP contribution in [0.3, 0.4) is 0 Å². The first-order valence-corrected chi connectivity index (χ1v) is 6.75. The number of hydrogen-bond acceptors (Lipinski definition) is 6. The lowest BCUT2D eigenvalue weighted by atomic mass is 10.1. The minimum atomic E-state index is -0.501. The number of ether oxygens (including phenoxy) is 3. The summed E-state index contributed by atoms with van der Waals surface area (Å²) in [7, 11) is 2.80. The maximum atomic E-state index is 11.8. The van der Waals surface area contributed by atoms with Crippen molar-refractivity contribution in [1.82, 2.24) is 4.98 Å². The molecule has 2 aromatic rings. The van der Waals surface area contributed by atoms with Gasteiger partial charge >= 0.3 is 5.97 Å². The molecule has 0 radical (unpaired) electrons. The molecule has 0 fully saturated rings. The lowest BCUT2D eigenvalue weighted by Crippen LogP contribution is -2.09. The van der Waals surface area contributed by atoms with Crippen molar-refractivity contribution in [1.29, 1.82) is 0 Å². The Labute approximate surface area is 133 Å². The molecule has 1 aromatic heterocycles. The van der Waals surface area contributed by atoms with E-state index in [0.29, 0.717) is 27.8 Å². The summed E-state index contributed by atoms with van der Waals surface area (Å²) < 4.78 is 15.2. The van der Waals surface area contributed by atoms with Crippen molar-refractivity contribution in [3.8, 4) is 5.75 Å². The highest BCUT2D eigenvalue weighted by atomic mass is 35.5. The Morgan fingerprint density at radius 1 is 1.27 bits per heavy atom. The molecule has 0 aliphatic heterocycles. The maximum Gasteiger partial charge on any atom is 0.341 e. The number of nitrogens with zero attached hydrogens (tertiary/aromatic N) is 1. The van der Waals surface area contributed by atoms with Crippen LogP contribution in [0.1, 0.15) is 10.4 Å². The molecule has 1 heterocycles. The number of hydrogen-bond donors (Lipinski definition) is 1. The molecular formula is C15H15ClN2O4. The molecule has 0 unspecified atom stereocenters. The summed E-state index contributed by atoms with van der Waals surface area (Å²) in [4.78, 5) is 16.0. The number of aromatic nitrogens is 1. The number of pyridine rings is 1. The lowest BCUT2D eigenvalue weighted by molar-refractivity contribution is 0.0469. The molecule has 0 amide bonds. The Morgan fingerprint density at radius 3 is 2.73 bits per heavy atom. The van der Waals surface area contributed by atoms with Crippen LogP contribution in [0.4, 0.5) is 11.5 Å². The number of nitrogens with one attached hydrogen (secondary N) is 1. The summed E-state index contributed by atoms with van der Waals surface area (Å²) in [5.41, 5.74) is 0.855. The predicted molar refractivity (Wildman–Crippen MR) is 82.8 cm³/mol. The fourth-order valence-electron chi connectivity index (χ4n) is 1.77. The second kappa shape index (κ2) is 7.63. The summed E-state index contributed by atoms with van der Waals surface area (Å²) in [5.74, 6) is 0.389. The van der Waals surface area contributed by atoms with Gasteiger partial charge in [0.25, 0.3) is 0 Å². The third-order valence-corrected chi connectivity index (χ3v) is 2.96. The van der Waals surface area contributed by atoms with Crippen molar-refractivity contribution >= 4 is 29.1 Å². The van der Waals surface area contributed by atoms with Crippen LogP contribution in [0.25, 0.3) is 0 Å². The quantitative estimate of drug-likeness (QED) is 0.650. The summed E-state index contributed by atoms with van der Waals surface area (Å²) in [6, 6.07) is 8.50. The number of para-hydroxylation sites is 1. The lowest BCUT2D eigenvalue weighted by Gasteiger charge is -2.15. The molecule has 2 rings (SSSR count). The standard InChI is InChI=1S/C15H15ClN2O4/c1-20-9-22-14-11(15(19)21-2)4-3-5-12(14)18-13-7-6-10(16)8-17-13/h3-8H,9H2,1-2H3,(H,17,18). The smallest absolute Gasteiger partial charge is 0.341 e. The van der Waals surface area contributed by atoms with Gasteiger partial charge in [-0.3, -0.25) is 0 Å². The van der Waals surface area contributed by atoms with Crippen LogP contribution in [0.5, 0.6) is 5.75 Å². The average molecular weight is 323 g/mol. The highest BCUT2D eigenvalue weighted by Gasteiger charge is 2.17. The minimum Gasteiger partial charge on any atom is -0.465 e. The average Bonchev–Trinajstić information content (AvgIpc) is 2.54. The second-order valence-electron chi connectivity index (χ2n) is 4.21. The molecule has 0 saturated carbocycles. The topological polar surface area (TPSA) is 69.7 Å². The van der Waals surface area contributed by atoms with Gasteiger partial charge in [0.15, 0.2) is 12.5 Å². The Bertz CT molecular complexity index is 646. The molecule has 0 aliphatic rings. The van der Waals surface area contributed by atoms with Crippen LogP contribution in [0, 0.1) is 0 Å². The van der Waals surface area contributed by atoms with Gasteiger partial charge in [-0.1, -0.05) is 17.7 Å². The summed E-state index contributed by atoms with van der Waals surface area (Å²) in [6.45, 7) is -0.00324. The van der Waals surface area contributed by atoms with E-state index < -0.39 is 5.97 Å². The van der Waals surface area contributed by atoms with Crippen LogP contribution in [-0.2, 0) is 9.47 Å². The number of esters is 1. The van der Waals surface area contributed by atoms with Crippen LogP contribution in [0.2, 0.25) is 5.02 Å². The van der Waals surface area contributed by atoms with Crippen molar-refractivity contribution < 1.29 is 19.0 Å². The minimum absolute atomic E-state index is 0.00324. The molecule has 22 heavy (non-hydrogen) atoms. The second-order valence-corrected chi connectivity index (χ2v) is 4.65. The van der Waals surface area contributed by atoms with E-state index in [9.17, 15) is 4.79 Å². The molecule has 1 aromatic carbocycles. The molecule has 0 atom stereocenters. The third kappa shape index (κ3) is 3.87. The molecule has 7 heteroatoms. The van der Waals surface area contributed by atoms with Crippen LogP contribution in [0.15, 0.2) is 36.5 Å². The van der Waals surface area contributed by atoms with E-state index in [1.807, 2.05) is 0 Å². The first kappa shape index (κ1) is 16.1. The molecular weight excluding hydrogens is 308 g/mol. The number of rotatable bonds is 6. The van der Waals surface area contributed by atoms with E-state index in [2.05, 4.69) is 10.3 Å². The Hall–Kier alpha value is -2.31. The molecule has 1 N–H and O–H groups in total. The van der Waals surface area contributed by atoms with Crippen LogP contribution < -0.4 is 10.1 Å². The zero-order chi connectivity index (χ0) is 15.9. The van der Waals surface area contributed by atoms with Crippen molar-refractivity contribution in [2.75, 3.05) is 26.3 Å². The first-order valence-electron chi connectivity index (χ1n) is 6.37. The van der Waals surface area contributed by atoms with Gasteiger partial charge in [0.2, 0.25) is 0 Å². The van der Waals surface area contributed by atoms with E-state index >= 15 is 0 Å². The van der Waals surface area contributed by atoms with Gasteiger partial charge in [0, 0.05) is 13.3 Å². The van der Waals surface area contributed by atoms with Crippen molar-refractivity contribution in [3.05, 3.63) is 47.1 Å².